The summed E-state index contributed by atoms with van der Waals surface area (Å²) in [5, 5.41) is 13.4. The van der Waals surface area contributed by atoms with Crippen LogP contribution in [0.5, 0.6) is 11.5 Å². The molecular formula is C16H12N2O3S. The first-order valence-electron chi connectivity index (χ1n) is 6.61. The van der Waals surface area contributed by atoms with E-state index in [1.54, 1.807) is 36.4 Å². The summed E-state index contributed by atoms with van der Waals surface area (Å²) in [7, 11) is 0. The topological polar surface area (TPSA) is 71.4 Å². The zero-order valence-corrected chi connectivity index (χ0v) is 12.3. The second-order valence-electron chi connectivity index (χ2n) is 4.57. The first-order chi connectivity index (χ1) is 10.8. The van der Waals surface area contributed by atoms with Gasteiger partial charge in [-0.25, -0.2) is 0 Å². The van der Waals surface area contributed by atoms with Crippen LogP contribution in [0, 0.1) is 10.7 Å². The second kappa shape index (κ2) is 6.41. The fraction of sp³-hybridized carbons (Fsp3) is 0.125. The molecule has 2 aromatic rings. The van der Waals surface area contributed by atoms with E-state index in [0.29, 0.717) is 17.2 Å². The first-order valence-corrected chi connectivity index (χ1v) is 7.43. The van der Waals surface area contributed by atoms with Crippen LogP contribution in [0.1, 0.15) is 0 Å². The van der Waals surface area contributed by atoms with Crippen molar-refractivity contribution in [3.05, 3.63) is 48.5 Å². The smallest absolute Gasteiger partial charge is 0.269 e. The van der Waals surface area contributed by atoms with Crippen molar-refractivity contribution in [1.29, 1.82) is 5.26 Å². The third-order valence-corrected chi connectivity index (χ3v) is 3.69. The van der Waals surface area contributed by atoms with Gasteiger partial charge in [-0.2, -0.15) is 5.26 Å². The molecule has 0 spiro atoms. The average Bonchev–Trinajstić information content (AvgIpc) is 2.56. The van der Waals surface area contributed by atoms with Crippen LogP contribution >= 0.6 is 11.8 Å². The second-order valence-corrected chi connectivity index (χ2v) is 5.43. The Morgan fingerprint density at radius 1 is 1.18 bits per heavy atom. The predicted octanol–water partition coefficient (Wildman–Crippen LogP) is 3.04. The van der Waals surface area contributed by atoms with Crippen molar-refractivity contribution in [2.24, 2.45) is 0 Å². The molecule has 1 atom stereocenters. The maximum atomic E-state index is 12.2. The number of amides is 1. The summed E-state index contributed by atoms with van der Waals surface area (Å²) in [5.74, 6) is 0.939. The van der Waals surface area contributed by atoms with Gasteiger partial charge in [0.05, 0.1) is 0 Å². The van der Waals surface area contributed by atoms with Gasteiger partial charge in [-0.05, 0) is 48.2 Å². The van der Waals surface area contributed by atoms with Gasteiger partial charge in [0, 0.05) is 10.6 Å². The van der Waals surface area contributed by atoms with Gasteiger partial charge in [-0.1, -0.05) is 12.1 Å². The number of thioether (sulfide) groups is 1. The van der Waals surface area contributed by atoms with Gasteiger partial charge >= 0.3 is 0 Å². The lowest BCUT2D eigenvalue weighted by Gasteiger charge is -2.25. The molecule has 0 aromatic heterocycles. The van der Waals surface area contributed by atoms with Gasteiger partial charge in [0.1, 0.15) is 12.0 Å². The fourth-order valence-electron chi connectivity index (χ4n) is 2.03. The molecule has 2 aromatic carbocycles. The number of nitriles is 1. The average molecular weight is 312 g/mol. The highest BCUT2D eigenvalue weighted by Crippen LogP contribution is 2.31. The zero-order valence-electron chi connectivity index (χ0n) is 11.5. The monoisotopic (exact) mass is 312 g/mol. The summed E-state index contributed by atoms with van der Waals surface area (Å²) < 4.78 is 11.2. The highest BCUT2D eigenvalue weighted by Gasteiger charge is 2.27. The molecule has 110 valence electrons. The van der Waals surface area contributed by atoms with E-state index in [-0.39, 0.29) is 12.5 Å². The van der Waals surface area contributed by atoms with Gasteiger partial charge < -0.3 is 14.8 Å². The van der Waals surface area contributed by atoms with Crippen LogP contribution in [0.2, 0.25) is 0 Å². The molecule has 1 aliphatic rings. The van der Waals surface area contributed by atoms with E-state index in [2.05, 4.69) is 5.32 Å². The van der Waals surface area contributed by atoms with E-state index < -0.39 is 6.10 Å². The molecule has 1 heterocycles. The highest BCUT2D eigenvalue weighted by atomic mass is 32.2. The number of para-hydroxylation sites is 2. The van der Waals surface area contributed by atoms with Crippen LogP contribution in [-0.2, 0) is 4.79 Å². The maximum Gasteiger partial charge on any atom is 0.269 e. The Morgan fingerprint density at radius 2 is 1.91 bits per heavy atom. The number of hydrogen-bond donors (Lipinski definition) is 1. The third kappa shape index (κ3) is 3.15. The maximum absolute atomic E-state index is 12.2. The van der Waals surface area contributed by atoms with Crippen molar-refractivity contribution in [2.75, 3.05) is 11.9 Å². The van der Waals surface area contributed by atoms with Gasteiger partial charge in [0.15, 0.2) is 11.5 Å². The van der Waals surface area contributed by atoms with Crippen molar-refractivity contribution in [1.82, 2.24) is 0 Å². The number of hydrogen-bond acceptors (Lipinski definition) is 5. The van der Waals surface area contributed by atoms with Gasteiger partial charge in [0.25, 0.3) is 5.91 Å². The molecule has 1 unspecified atom stereocenters. The Labute approximate surface area is 131 Å². The first kappa shape index (κ1) is 14.3. The minimum atomic E-state index is -0.692. The lowest BCUT2D eigenvalue weighted by Crippen LogP contribution is -2.40. The number of thiocyanates is 1. The van der Waals surface area contributed by atoms with Crippen LogP contribution in [0.15, 0.2) is 53.4 Å². The molecule has 0 fully saturated rings. The van der Waals surface area contributed by atoms with E-state index in [1.807, 2.05) is 17.5 Å². The van der Waals surface area contributed by atoms with Gasteiger partial charge in [-0.3, -0.25) is 4.79 Å². The van der Waals surface area contributed by atoms with Crippen molar-refractivity contribution in [3.63, 3.8) is 0 Å². The lowest BCUT2D eigenvalue weighted by atomic mass is 10.2. The Hall–Kier alpha value is -2.65. The number of nitrogens with one attached hydrogen (secondary N) is 1. The van der Waals surface area contributed by atoms with Crippen molar-refractivity contribution in [3.8, 4) is 16.9 Å². The molecule has 1 aliphatic heterocycles. The number of fused-ring (bicyclic) bond motifs is 1. The number of rotatable bonds is 3. The normalized spacial score (nSPS) is 15.7. The van der Waals surface area contributed by atoms with Crippen LogP contribution in [-0.4, -0.2) is 18.6 Å². The summed E-state index contributed by atoms with van der Waals surface area (Å²) >= 11 is 1.07. The number of nitrogens with zero attached hydrogens (tertiary/aromatic N) is 1. The summed E-state index contributed by atoms with van der Waals surface area (Å²) in [5.41, 5.74) is 0.648. The number of carbonyl (C=O) groups is 1. The molecule has 6 heteroatoms. The Bertz CT molecular complexity index is 725. The molecule has 0 aliphatic carbocycles. The van der Waals surface area contributed by atoms with Crippen molar-refractivity contribution in [2.45, 2.75) is 11.0 Å². The van der Waals surface area contributed by atoms with Crippen molar-refractivity contribution < 1.29 is 14.3 Å². The van der Waals surface area contributed by atoms with Crippen LogP contribution in [0.25, 0.3) is 0 Å². The summed E-state index contributed by atoms with van der Waals surface area (Å²) in [4.78, 5) is 13.0. The molecule has 0 radical (unpaired) electrons. The molecular weight excluding hydrogens is 300 g/mol. The molecule has 0 bridgehead atoms. The molecule has 0 saturated carbocycles. The van der Waals surface area contributed by atoms with Crippen LogP contribution in [0.3, 0.4) is 0 Å². The minimum absolute atomic E-state index is 0.172. The molecule has 5 nitrogen and oxygen atoms in total. The van der Waals surface area contributed by atoms with E-state index in [1.165, 1.54) is 0 Å². The number of ether oxygens (including phenoxy) is 2. The predicted molar refractivity (Wildman–Crippen MR) is 82.9 cm³/mol. The minimum Gasteiger partial charge on any atom is -0.485 e. The largest absolute Gasteiger partial charge is 0.485 e. The Morgan fingerprint density at radius 3 is 2.64 bits per heavy atom. The zero-order chi connectivity index (χ0) is 15.4. The third-order valence-electron chi connectivity index (χ3n) is 3.09. The van der Waals surface area contributed by atoms with E-state index >= 15 is 0 Å². The van der Waals surface area contributed by atoms with Crippen LogP contribution in [0.4, 0.5) is 5.69 Å². The SMILES string of the molecule is N#CSc1ccc(NC(=O)C2COc3ccccc3O2)cc1. The van der Waals surface area contributed by atoms with E-state index in [9.17, 15) is 4.79 Å². The van der Waals surface area contributed by atoms with Gasteiger partial charge in [0.2, 0.25) is 6.10 Å². The lowest BCUT2D eigenvalue weighted by molar-refractivity contribution is -0.125. The molecule has 22 heavy (non-hydrogen) atoms. The molecule has 1 amide bonds. The van der Waals surface area contributed by atoms with Gasteiger partial charge in [-0.15, -0.1) is 0 Å². The Balaban J connectivity index is 1.64. The Kier molecular flexibility index (Phi) is 4.17. The number of carbonyl (C=O) groups excluding carboxylic acids is 1. The summed E-state index contributed by atoms with van der Waals surface area (Å²) in [6.07, 6.45) is -0.692. The summed E-state index contributed by atoms with van der Waals surface area (Å²) in [6, 6.07) is 14.3. The molecule has 0 saturated heterocycles. The standard InChI is InChI=1S/C16H12N2O3S/c17-10-22-12-7-5-11(6-8-12)18-16(19)15-9-20-13-3-1-2-4-14(13)21-15/h1-8,15H,9H2,(H,18,19). The quantitative estimate of drug-likeness (QED) is 0.696. The summed E-state index contributed by atoms with van der Waals surface area (Å²) in [6.45, 7) is 0.172. The molecule has 1 N–H and O–H groups in total. The number of anilines is 1. The highest BCUT2D eigenvalue weighted by molar-refractivity contribution is 8.03. The van der Waals surface area contributed by atoms with Crippen molar-refractivity contribution >= 4 is 23.4 Å². The van der Waals surface area contributed by atoms with Crippen LogP contribution < -0.4 is 14.8 Å². The van der Waals surface area contributed by atoms with E-state index in [0.717, 1.165) is 16.7 Å². The number of benzene rings is 2. The van der Waals surface area contributed by atoms with E-state index in [4.69, 9.17) is 14.7 Å². The fourth-order valence-corrected chi connectivity index (χ4v) is 2.41. The molecule has 3 rings (SSSR count).